The zero-order valence-corrected chi connectivity index (χ0v) is 13.9. The monoisotopic (exact) mass is 328 g/mol. The molecule has 3 nitrogen and oxygen atoms in total. The summed E-state index contributed by atoms with van der Waals surface area (Å²) in [4.78, 5) is 2.40. The number of ether oxygens (including phenoxy) is 1. The van der Waals surface area contributed by atoms with E-state index < -0.39 is 0 Å². The highest BCUT2D eigenvalue weighted by atomic mass is 79.9. The third-order valence-electron chi connectivity index (χ3n) is 3.30. The van der Waals surface area contributed by atoms with Crippen molar-refractivity contribution in [3.8, 4) is 0 Å². The van der Waals surface area contributed by atoms with Crippen LogP contribution in [0.25, 0.3) is 0 Å². The summed E-state index contributed by atoms with van der Waals surface area (Å²) < 4.78 is 6.34. The van der Waals surface area contributed by atoms with Gasteiger partial charge in [-0.15, -0.1) is 0 Å². The van der Waals surface area contributed by atoms with E-state index in [-0.39, 0.29) is 12.1 Å². The Balaban J connectivity index is 3.07. The first kappa shape index (κ1) is 16.6. The van der Waals surface area contributed by atoms with Gasteiger partial charge >= 0.3 is 0 Å². The predicted octanol–water partition coefficient (Wildman–Crippen LogP) is 3.19. The molecule has 0 bridgehead atoms. The standard InChI is InChI=1S/C15H25BrN2O/c1-11(2)18(9-10-19-4)15(12(3)17)13-7-5-6-8-14(13)16/h5-8,11-12,15H,9-10,17H2,1-4H3. The van der Waals surface area contributed by atoms with Gasteiger partial charge in [0.25, 0.3) is 0 Å². The van der Waals surface area contributed by atoms with E-state index in [2.05, 4.69) is 59.8 Å². The van der Waals surface area contributed by atoms with Crippen molar-refractivity contribution in [2.75, 3.05) is 20.3 Å². The topological polar surface area (TPSA) is 38.5 Å². The summed E-state index contributed by atoms with van der Waals surface area (Å²) in [6.45, 7) is 8.05. The van der Waals surface area contributed by atoms with E-state index in [4.69, 9.17) is 10.5 Å². The van der Waals surface area contributed by atoms with Crippen LogP contribution in [0, 0.1) is 0 Å². The third-order valence-corrected chi connectivity index (χ3v) is 4.02. The van der Waals surface area contributed by atoms with E-state index >= 15 is 0 Å². The number of halogens is 1. The highest BCUT2D eigenvalue weighted by molar-refractivity contribution is 9.10. The van der Waals surface area contributed by atoms with Gasteiger partial charge in [0.2, 0.25) is 0 Å². The molecule has 2 unspecified atom stereocenters. The van der Waals surface area contributed by atoms with Crippen LogP contribution < -0.4 is 5.73 Å². The second-order valence-electron chi connectivity index (χ2n) is 5.15. The summed E-state index contributed by atoms with van der Waals surface area (Å²) in [7, 11) is 1.73. The molecular weight excluding hydrogens is 304 g/mol. The molecule has 108 valence electrons. The lowest BCUT2D eigenvalue weighted by Crippen LogP contribution is -2.44. The van der Waals surface area contributed by atoms with Crippen molar-refractivity contribution in [2.45, 2.75) is 38.9 Å². The fourth-order valence-corrected chi connectivity index (χ4v) is 2.91. The van der Waals surface area contributed by atoms with Crippen molar-refractivity contribution in [1.82, 2.24) is 4.90 Å². The van der Waals surface area contributed by atoms with E-state index in [1.165, 1.54) is 5.56 Å². The van der Waals surface area contributed by atoms with Crippen LogP contribution in [-0.4, -0.2) is 37.2 Å². The number of methoxy groups -OCH3 is 1. The smallest absolute Gasteiger partial charge is 0.0590 e. The molecule has 2 atom stereocenters. The first-order valence-electron chi connectivity index (χ1n) is 6.73. The lowest BCUT2D eigenvalue weighted by molar-refractivity contribution is 0.0860. The zero-order valence-electron chi connectivity index (χ0n) is 12.3. The van der Waals surface area contributed by atoms with E-state index in [1.807, 2.05) is 6.07 Å². The molecule has 4 heteroatoms. The number of nitrogens with zero attached hydrogens (tertiary/aromatic N) is 1. The van der Waals surface area contributed by atoms with Crippen molar-refractivity contribution in [3.63, 3.8) is 0 Å². The predicted molar refractivity (Wildman–Crippen MR) is 84.3 cm³/mol. The Bertz CT molecular complexity index is 382. The second kappa shape index (κ2) is 8.00. The van der Waals surface area contributed by atoms with Gasteiger partial charge in [-0.2, -0.15) is 0 Å². The number of nitrogens with two attached hydrogens (primary N) is 1. The molecule has 1 aromatic carbocycles. The Morgan fingerprint density at radius 1 is 1.26 bits per heavy atom. The van der Waals surface area contributed by atoms with E-state index in [1.54, 1.807) is 7.11 Å². The first-order chi connectivity index (χ1) is 8.99. The third kappa shape index (κ3) is 4.56. The van der Waals surface area contributed by atoms with Gasteiger partial charge in [0.05, 0.1) is 12.6 Å². The number of hydrogen-bond donors (Lipinski definition) is 1. The molecule has 1 rings (SSSR count). The van der Waals surface area contributed by atoms with E-state index in [0.29, 0.717) is 12.6 Å². The molecule has 0 fully saturated rings. The van der Waals surface area contributed by atoms with Gasteiger partial charge in [0.15, 0.2) is 0 Å². The molecule has 0 aliphatic rings. The quantitative estimate of drug-likeness (QED) is 0.835. The zero-order chi connectivity index (χ0) is 14.4. The van der Waals surface area contributed by atoms with Gasteiger partial charge in [-0.1, -0.05) is 34.1 Å². The largest absolute Gasteiger partial charge is 0.383 e. The first-order valence-corrected chi connectivity index (χ1v) is 7.53. The normalized spacial score (nSPS) is 14.9. The molecule has 0 aliphatic carbocycles. The fourth-order valence-electron chi connectivity index (χ4n) is 2.39. The summed E-state index contributed by atoms with van der Waals surface area (Å²) in [6.07, 6.45) is 0. The van der Waals surface area contributed by atoms with Crippen molar-refractivity contribution in [2.24, 2.45) is 5.73 Å². The summed E-state index contributed by atoms with van der Waals surface area (Å²) in [5, 5.41) is 0. The maximum absolute atomic E-state index is 6.24. The molecule has 2 N–H and O–H groups in total. The van der Waals surface area contributed by atoms with Gasteiger partial charge in [0.1, 0.15) is 0 Å². The molecule has 0 heterocycles. The van der Waals surface area contributed by atoms with Gasteiger partial charge in [-0.3, -0.25) is 4.90 Å². The minimum atomic E-state index is 0.0537. The molecule has 0 aliphatic heterocycles. The van der Waals surface area contributed by atoms with Crippen LogP contribution in [0.1, 0.15) is 32.4 Å². The Hall–Kier alpha value is -0.420. The molecule has 19 heavy (non-hydrogen) atoms. The highest BCUT2D eigenvalue weighted by Gasteiger charge is 2.27. The summed E-state index contributed by atoms with van der Waals surface area (Å²) in [5.74, 6) is 0. The van der Waals surface area contributed by atoms with Gasteiger partial charge in [0, 0.05) is 30.2 Å². The van der Waals surface area contributed by atoms with E-state index in [0.717, 1.165) is 11.0 Å². The number of benzene rings is 1. The van der Waals surface area contributed by atoms with Gasteiger partial charge in [-0.05, 0) is 32.4 Å². The van der Waals surface area contributed by atoms with Crippen molar-refractivity contribution < 1.29 is 4.74 Å². The molecule has 0 saturated carbocycles. The van der Waals surface area contributed by atoms with Crippen molar-refractivity contribution in [1.29, 1.82) is 0 Å². The number of hydrogen-bond acceptors (Lipinski definition) is 3. The SMILES string of the molecule is COCCN(C(C)C)C(c1ccccc1Br)C(C)N. The van der Waals surface area contributed by atoms with Gasteiger partial charge in [-0.25, -0.2) is 0 Å². The van der Waals surface area contributed by atoms with Crippen LogP contribution in [0.4, 0.5) is 0 Å². The van der Waals surface area contributed by atoms with Crippen LogP contribution in [-0.2, 0) is 4.74 Å². The second-order valence-corrected chi connectivity index (χ2v) is 6.00. The Kier molecular flexibility index (Phi) is 7.00. The molecule has 0 amide bonds. The van der Waals surface area contributed by atoms with Crippen LogP contribution in [0.15, 0.2) is 28.7 Å². The average Bonchev–Trinajstić information content (AvgIpc) is 2.35. The number of rotatable bonds is 7. The maximum atomic E-state index is 6.24. The Morgan fingerprint density at radius 3 is 2.37 bits per heavy atom. The Labute approximate surface area is 125 Å². The van der Waals surface area contributed by atoms with Crippen molar-refractivity contribution >= 4 is 15.9 Å². The lowest BCUT2D eigenvalue weighted by Gasteiger charge is -2.38. The summed E-state index contributed by atoms with van der Waals surface area (Å²) >= 11 is 3.64. The van der Waals surface area contributed by atoms with Crippen LogP contribution in [0.2, 0.25) is 0 Å². The van der Waals surface area contributed by atoms with E-state index in [9.17, 15) is 0 Å². The highest BCUT2D eigenvalue weighted by Crippen LogP contribution is 2.31. The molecule has 0 spiro atoms. The molecule has 0 aromatic heterocycles. The maximum Gasteiger partial charge on any atom is 0.0590 e. The van der Waals surface area contributed by atoms with Crippen LogP contribution in [0.5, 0.6) is 0 Å². The average molecular weight is 329 g/mol. The fraction of sp³-hybridized carbons (Fsp3) is 0.600. The summed E-state index contributed by atoms with van der Waals surface area (Å²) in [5.41, 5.74) is 7.48. The lowest BCUT2D eigenvalue weighted by atomic mass is 9.98. The molecule has 0 radical (unpaired) electrons. The molecule has 0 saturated heterocycles. The minimum absolute atomic E-state index is 0.0537. The van der Waals surface area contributed by atoms with Crippen LogP contribution >= 0.6 is 15.9 Å². The van der Waals surface area contributed by atoms with Crippen molar-refractivity contribution in [3.05, 3.63) is 34.3 Å². The summed E-state index contributed by atoms with van der Waals surface area (Å²) in [6, 6.07) is 8.95. The molecular formula is C15H25BrN2O. The van der Waals surface area contributed by atoms with Crippen LogP contribution in [0.3, 0.4) is 0 Å². The molecule has 1 aromatic rings. The minimum Gasteiger partial charge on any atom is -0.383 e. The Morgan fingerprint density at radius 2 is 1.89 bits per heavy atom. The van der Waals surface area contributed by atoms with Gasteiger partial charge < -0.3 is 10.5 Å².